The number of likely N-dealkylation sites (N-methyl/N-ethyl adjacent to an activating group) is 1. The molecule has 100 valence electrons. The third-order valence-electron chi connectivity index (χ3n) is 3.91. The summed E-state index contributed by atoms with van der Waals surface area (Å²) in [6.45, 7) is 2.30. The normalized spacial score (nSPS) is 22.9. The van der Waals surface area contributed by atoms with Crippen LogP contribution in [-0.2, 0) is 0 Å². The molecule has 3 nitrogen and oxygen atoms in total. The van der Waals surface area contributed by atoms with E-state index < -0.39 is 0 Å². The average molecular weight is 248 g/mol. The number of aliphatic hydroxyl groups is 1. The SMILES string of the molecule is CN1CCCCC1CNC(CO)c1ccccc1. The molecule has 0 aliphatic carbocycles. The van der Waals surface area contributed by atoms with Gasteiger partial charge in [0.15, 0.2) is 0 Å². The molecule has 1 aromatic rings. The Bertz CT molecular complexity index is 342. The molecule has 3 heteroatoms. The minimum absolute atomic E-state index is 0.0570. The summed E-state index contributed by atoms with van der Waals surface area (Å²) in [5, 5.41) is 13.0. The van der Waals surface area contributed by atoms with Crippen molar-refractivity contribution >= 4 is 0 Å². The van der Waals surface area contributed by atoms with Crippen molar-refractivity contribution in [2.75, 3.05) is 26.7 Å². The van der Waals surface area contributed by atoms with Crippen LogP contribution in [-0.4, -0.2) is 42.8 Å². The van der Waals surface area contributed by atoms with Gasteiger partial charge >= 0.3 is 0 Å². The van der Waals surface area contributed by atoms with Gasteiger partial charge in [-0.15, -0.1) is 0 Å². The largest absolute Gasteiger partial charge is 0.394 e. The van der Waals surface area contributed by atoms with E-state index in [2.05, 4.69) is 29.4 Å². The number of nitrogens with one attached hydrogen (secondary N) is 1. The lowest BCUT2D eigenvalue weighted by Gasteiger charge is -2.33. The van der Waals surface area contributed by atoms with Crippen molar-refractivity contribution in [2.24, 2.45) is 0 Å². The molecule has 0 radical (unpaired) electrons. The van der Waals surface area contributed by atoms with Crippen LogP contribution in [0, 0.1) is 0 Å². The monoisotopic (exact) mass is 248 g/mol. The fraction of sp³-hybridized carbons (Fsp3) is 0.600. The average Bonchev–Trinajstić information content (AvgIpc) is 2.42. The topological polar surface area (TPSA) is 35.5 Å². The van der Waals surface area contributed by atoms with Gasteiger partial charge in [-0.05, 0) is 32.0 Å². The van der Waals surface area contributed by atoms with Crippen LogP contribution in [0.2, 0.25) is 0 Å². The molecule has 2 unspecified atom stereocenters. The summed E-state index contributed by atoms with van der Waals surface area (Å²) < 4.78 is 0. The highest BCUT2D eigenvalue weighted by Crippen LogP contribution is 2.16. The maximum Gasteiger partial charge on any atom is 0.0626 e. The third kappa shape index (κ3) is 3.55. The molecular formula is C15H24N2O. The van der Waals surface area contributed by atoms with Crippen molar-refractivity contribution in [3.63, 3.8) is 0 Å². The van der Waals surface area contributed by atoms with Gasteiger partial charge < -0.3 is 15.3 Å². The number of hydrogen-bond acceptors (Lipinski definition) is 3. The van der Waals surface area contributed by atoms with Crippen LogP contribution < -0.4 is 5.32 Å². The molecule has 1 aliphatic heterocycles. The van der Waals surface area contributed by atoms with Crippen molar-refractivity contribution in [1.29, 1.82) is 0 Å². The molecule has 0 bridgehead atoms. The highest BCUT2D eigenvalue weighted by atomic mass is 16.3. The van der Waals surface area contributed by atoms with E-state index in [1.165, 1.54) is 31.4 Å². The van der Waals surface area contributed by atoms with Crippen LogP contribution in [0.1, 0.15) is 30.9 Å². The van der Waals surface area contributed by atoms with Crippen LogP contribution in [0.15, 0.2) is 30.3 Å². The molecule has 2 N–H and O–H groups in total. The Hall–Kier alpha value is -0.900. The summed E-state index contributed by atoms with van der Waals surface area (Å²) in [5.41, 5.74) is 1.17. The van der Waals surface area contributed by atoms with Gasteiger partial charge in [0.05, 0.1) is 12.6 Å². The number of aliphatic hydroxyl groups excluding tert-OH is 1. The predicted molar refractivity (Wildman–Crippen MR) is 74.5 cm³/mol. The molecule has 1 heterocycles. The lowest BCUT2D eigenvalue weighted by Crippen LogP contribution is -2.44. The van der Waals surface area contributed by atoms with Gasteiger partial charge in [-0.3, -0.25) is 0 Å². The maximum absolute atomic E-state index is 9.50. The first-order chi connectivity index (χ1) is 8.81. The van der Waals surface area contributed by atoms with E-state index in [4.69, 9.17) is 0 Å². The standard InChI is InChI=1S/C15H24N2O/c1-17-10-6-5-9-14(17)11-16-15(12-18)13-7-3-2-4-8-13/h2-4,7-8,14-16,18H,5-6,9-12H2,1H3. The van der Waals surface area contributed by atoms with Crippen molar-refractivity contribution in [1.82, 2.24) is 10.2 Å². The number of hydrogen-bond donors (Lipinski definition) is 2. The van der Waals surface area contributed by atoms with Crippen molar-refractivity contribution in [3.8, 4) is 0 Å². The number of nitrogens with zero attached hydrogens (tertiary/aromatic N) is 1. The van der Waals surface area contributed by atoms with Crippen LogP contribution >= 0.6 is 0 Å². The fourth-order valence-corrected chi connectivity index (χ4v) is 2.65. The first-order valence-corrected chi connectivity index (χ1v) is 6.90. The van der Waals surface area contributed by atoms with Gasteiger partial charge in [0, 0.05) is 12.6 Å². The highest BCUT2D eigenvalue weighted by Gasteiger charge is 2.20. The predicted octanol–water partition coefficient (Wildman–Crippen LogP) is 1.79. The summed E-state index contributed by atoms with van der Waals surface area (Å²) in [5.74, 6) is 0. The Morgan fingerprint density at radius 2 is 2.11 bits per heavy atom. The van der Waals surface area contributed by atoms with E-state index in [1.807, 2.05) is 18.2 Å². The van der Waals surface area contributed by atoms with Gasteiger partial charge in [-0.1, -0.05) is 36.8 Å². The summed E-state index contributed by atoms with van der Waals surface area (Å²) in [7, 11) is 2.20. The third-order valence-corrected chi connectivity index (χ3v) is 3.91. The molecule has 1 aromatic carbocycles. The van der Waals surface area contributed by atoms with Crippen molar-refractivity contribution in [2.45, 2.75) is 31.3 Å². The highest BCUT2D eigenvalue weighted by molar-refractivity contribution is 5.18. The van der Waals surface area contributed by atoms with Crippen molar-refractivity contribution in [3.05, 3.63) is 35.9 Å². The minimum Gasteiger partial charge on any atom is -0.394 e. The van der Waals surface area contributed by atoms with Gasteiger partial charge in [0.2, 0.25) is 0 Å². The van der Waals surface area contributed by atoms with Crippen LogP contribution in [0.4, 0.5) is 0 Å². The van der Waals surface area contributed by atoms with E-state index >= 15 is 0 Å². The molecule has 0 spiro atoms. The molecule has 0 saturated carbocycles. The molecule has 0 aromatic heterocycles. The van der Waals surface area contributed by atoms with Crippen molar-refractivity contribution < 1.29 is 5.11 Å². The molecular weight excluding hydrogens is 224 g/mol. The maximum atomic E-state index is 9.50. The molecule has 1 aliphatic rings. The van der Waals surface area contributed by atoms with E-state index in [-0.39, 0.29) is 12.6 Å². The van der Waals surface area contributed by atoms with Gasteiger partial charge in [-0.2, -0.15) is 0 Å². The molecule has 1 saturated heterocycles. The zero-order chi connectivity index (χ0) is 12.8. The smallest absolute Gasteiger partial charge is 0.0626 e. The number of benzene rings is 1. The van der Waals surface area contributed by atoms with E-state index in [0.29, 0.717) is 6.04 Å². The van der Waals surface area contributed by atoms with Gasteiger partial charge in [0.25, 0.3) is 0 Å². The number of rotatable bonds is 5. The number of piperidine rings is 1. The van der Waals surface area contributed by atoms with Gasteiger partial charge in [-0.25, -0.2) is 0 Å². The Kier molecular flexibility index (Phi) is 5.17. The molecule has 1 fully saturated rings. The number of likely N-dealkylation sites (tertiary alicyclic amines) is 1. The minimum atomic E-state index is 0.0570. The van der Waals surface area contributed by atoms with Crippen LogP contribution in [0.3, 0.4) is 0 Å². The lowest BCUT2D eigenvalue weighted by molar-refractivity contribution is 0.167. The second kappa shape index (κ2) is 6.88. The van der Waals surface area contributed by atoms with Crippen LogP contribution in [0.5, 0.6) is 0 Å². The Morgan fingerprint density at radius 1 is 1.33 bits per heavy atom. The Labute approximate surface area is 110 Å². The molecule has 2 atom stereocenters. The van der Waals surface area contributed by atoms with E-state index in [9.17, 15) is 5.11 Å². The molecule has 0 amide bonds. The Morgan fingerprint density at radius 3 is 2.78 bits per heavy atom. The van der Waals surface area contributed by atoms with E-state index in [0.717, 1.165) is 6.54 Å². The lowest BCUT2D eigenvalue weighted by atomic mass is 10.0. The zero-order valence-corrected chi connectivity index (χ0v) is 11.2. The first-order valence-electron chi connectivity index (χ1n) is 6.90. The summed E-state index contributed by atoms with van der Waals surface area (Å²) in [6, 6.07) is 10.8. The molecule has 2 rings (SSSR count). The summed E-state index contributed by atoms with van der Waals surface area (Å²) in [4.78, 5) is 2.43. The van der Waals surface area contributed by atoms with Gasteiger partial charge in [0.1, 0.15) is 0 Å². The Balaban J connectivity index is 1.87. The molecule has 18 heavy (non-hydrogen) atoms. The fourth-order valence-electron chi connectivity index (χ4n) is 2.65. The van der Waals surface area contributed by atoms with Crippen LogP contribution in [0.25, 0.3) is 0 Å². The first kappa shape index (κ1) is 13.5. The second-order valence-electron chi connectivity index (χ2n) is 5.18. The van der Waals surface area contributed by atoms with E-state index in [1.54, 1.807) is 0 Å². The zero-order valence-electron chi connectivity index (χ0n) is 11.2. The summed E-state index contributed by atoms with van der Waals surface area (Å²) >= 11 is 0. The second-order valence-corrected chi connectivity index (χ2v) is 5.18. The quantitative estimate of drug-likeness (QED) is 0.834. The summed E-state index contributed by atoms with van der Waals surface area (Å²) in [6.07, 6.45) is 3.90.